The largest absolute Gasteiger partial charge is 0.457 e. The molecule has 0 saturated carbocycles. The molecule has 0 aliphatic heterocycles. The zero-order valence-electron chi connectivity index (χ0n) is 13.8. The summed E-state index contributed by atoms with van der Waals surface area (Å²) in [7, 11) is 0. The number of halogens is 1. The van der Waals surface area contributed by atoms with Crippen LogP contribution in [0.1, 0.15) is 16.1 Å². The lowest BCUT2D eigenvalue weighted by Crippen LogP contribution is -2.02. The molecule has 2 aromatic carbocycles. The minimum absolute atomic E-state index is 0.0655. The van der Waals surface area contributed by atoms with Crippen molar-refractivity contribution in [2.24, 2.45) is 0 Å². The van der Waals surface area contributed by atoms with Crippen molar-refractivity contribution in [2.75, 3.05) is 0 Å². The van der Waals surface area contributed by atoms with E-state index in [0.717, 1.165) is 16.1 Å². The third kappa shape index (κ3) is 4.19. The van der Waals surface area contributed by atoms with Crippen molar-refractivity contribution in [1.29, 1.82) is 5.26 Å². The lowest BCUT2D eigenvalue weighted by molar-refractivity contribution is -0.384. The number of hydrogen-bond acceptors (Lipinski definition) is 5. The molecule has 0 aliphatic rings. The number of nitro groups is 1. The maximum absolute atomic E-state index is 12.5. The van der Waals surface area contributed by atoms with Crippen LogP contribution < -0.4 is 0 Å². The molecule has 0 spiro atoms. The smallest absolute Gasteiger partial charge is 0.270 e. The molecule has 0 bridgehead atoms. The molecule has 0 N–H and O–H groups in total. The first kappa shape index (κ1) is 18.3. The molecule has 27 heavy (non-hydrogen) atoms. The Balaban J connectivity index is 1.91. The Labute approximate surface area is 162 Å². The minimum atomic E-state index is -0.610. The SMILES string of the molecule is N#C/C(=C\c1ccc(-c2cccc(Br)c2)o1)C(=O)c1cccc([N+](=O)[O-])c1. The molecule has 0 saturated heterocycles. The van der Waals surface area contributed by atoms with Gasteiger partial charge in [-0.2, -0.15) is 5.26 Å². The highest BCUT2D eigenvalue weighted by Gasteiger charge is 2.16. The Bertz CT molecular complexity index is 1110. The highest BCUT2D eigenvalue weighted by Crippen LogP contribution is 2.26. The number of ketones is 1. The van der Waals surface area contributed by atoms with E-state index in [1.54, 1.807) is 12.1 Å². The molecule has 0 aliphatic carbocycles. The number of carbonyl (C=O) groups excluding carboxylic acids is 1. The number of nitriles is 1. The summed E-state index contributed by atoms with van der Waals surface area (Å²) in [6.45, 7) is 0. The Morgan fingerprint density at radius 3 is 2.63 bits per heavy atom. The van der Waals surface area contributed by atoms with E-state index in [4.69, 9.17) is 4.42 Å². The van der Waals surface area contributed by atoms with Crippen LogP contribution >= 0.6 is 15.9 Å². The van der Waals surface area contributed by atoms with Gasteiger partial charge in [0.25, 0.3) is 5.69 Å². The molecule has 3 rings (SSSR count). The molecule has 132 valence electrons. The highest BCUT2D eigenvalue weighted by atomic mass is 79.9. The van der Waals surface area contributed by atoms with Crippen LogP contribution in [-0.2, 0) is 0 Å². The van der Waals surface area contributed by atoms with Gasteiger partial charge >= 0.3 is 0 Å². The summed E-state index contributed by atoms with van der Waals surface area (Å²) in [5, 5.41) is 20.2. The van der Waals surface area contributed by atoms with E-state index in [1.807, 2.05) is 30.3 Å². The van der Waals surface area contributed by atoms with Gasteiger partial charge in [0.1, 0.15) is 23.2 Å². The molecular formula is C20H11BrN2O4. The Hall–Kier alpha value is -3.50. The van der Waals surface area contributed by atoms with E-state index in [0.29, 0.717) is 11.5 Å². The average molecular weight is 423 g/mol. The molecule has 0 radical (unpaired) electrons. The number of nitro benzene ring substituents is 1. The van der Waals surface area contributed by atoms with Crippen LogP contribution in [0.15, 0.2) is 75.1 Å². The van der Waals surface area contributed by atoms with Crippen LogP contribution in [0.25, 0.3) is 17.4 Å². The molecule has 1 heterocycles. The number of nitrogens with zero attached hydrogens (tertiary/aromatic N) is 2. The third-order valence-electron chi connectivity index (χ3n) is 3.71. The quantitative estimate of drug-likeness (QED) is 0.180. The van der Waals surface area contributed by atoms with E-state index >= 15 is 0 Å². The summed E-state index contributed by atoms with van der Waals surface area (Å²) in [6.07, 6.45) is 1.32. The minimum Gasteiger partial charge on any atom is -0.457 e. The van der Waals surface area contributed by atoms with Gasteiger partial charge in [-0.25, -0.2) is 0 Å². The van der Waals surface area contributed by atoms with Crippen LogP contribution in [0, 0.1) is 21.4 Å². The van der Waals surface area contributed by atoms with E-state index in [-0.39, 0.29) is 16.8 Å². The molecule has 0 fully saturated rings. The number of non-ortho nitro benzene ring substituents is 1. The topological polar surface area (TPSA) is 97.1 Å². The van der Waals surface area contributed by atoms with Crippen molar-refractivity contribution in [2.45, 2.75) is 0 Å². The molecule has 0 amide bonds. The van der Waals surface area contributed by atoms with E-state index in [9.17, 15) is 20.2 Å². The number of carbonyl (C=O) groups is 1. The first-order valence-corrected chi connectivity index (χ1v) is 8.54. The maximum atomic E-state index is 12.5. The maximum Gasteiger partial charge on any atom is 0.270 e. The molecule has 6 nitrogen and oxygen atoms in total. The van der Waals surface area contributed by atoms with Crippen molar-refractivity contribution in [1.82, 2.24) is 0 Å². The predicted molar refractivity (Wildman–Crippen MR) is 103 cm³/mol. The van der Waals surface area contributed by atoms with Crippen LogP contribution in [0.4, 0.5) is 5.69 Å². The van der Waals surface area contributed by atoms with Gasteiger partial charge < -0.3 is 4.42 Å². The van der Waals surface area contributed by atoms with Crippen molar-refractivity contribution in [3.05, 3.63) is 92.1 Å². The van der Waals surface area contributed by atoms with Crippen LogP contribution in [0.2, 0.25) is 0 Å². The lowest BCUT2D eigenvalue weighted by Gasteiger charge is -2.00. The van der Waals surface area contributed by atoms with Crippen molar-refractivity contribution >= 4 is 33.5 Å². The summed E-state index contributed by atoms with van der Waals surface area (Å²) in [6, 6.07) is 18.0. The second kappa shape index (κ2) is 7.81. The zero-order valence-corrected chi connectivity index (χ0v) is 15.3. The van der Waals surface area contributed by atoms with Gasteiger partial charge in [-0.3, -0.25) is 14.9 Å². The second-order valence-electron chi connectivity index (χ2n) is 5.52. The molecule has 7 heteroatoms. The van der Waals surface area contributed by atoms with Crippen LogP contribution in [0.3, 0.4) is 0 Å². The lowest BCUT2D eigenvalue weighted by atomic mass is 10.0. The third-order valence-corrected chi connectivity index (χ3v) is 4.20. The molecule has 0 unspecified atom stereocenters. The number of hydrogen-bond donors (Lipinski definition) is 0. The predicted octanol–water partition coefficient (Wildman–Crippen LogP) is 5.41. The van der Waals surface area contributed by atoms with Crippen molar-refractivity contribution in [3.8, 4) is 17.4 Å². The van der Waals surface area contributed by atoms with E-state index in [2.05, 4.69) is 15.9 Å². The zero-order chi connectivity index (χ0) is 19.4. The van der Waals surface area contributed by atoms with Crippen molar-refractivity contribution in [3.63, 3.8) is 0 Å². The molecule has 1 aromatic heterocycles. The van der Waals surface area contributed by atoms with Crippen molar-refractivity contribution < 1.29 is 14.1 Å². The van der Waals surface area contributed by atoms with E-state index < -0.39 is 10.7 Å². The normalized spacial score (nSPS) is 11.0. The molecular weight excluding hydrogens is 412 g/mol. The standard InChI is InChI=1S/C20H11BrN2O4/c21-16-5-1-3-13(9-16)19-8-7-18(27-19)11-15(12-22)20(24)14-4-2-6-17(10-14)23(25)26/h1-11H/b15-11+. The van der Waals surface area contributed by atoms with Gasteiger partial charge in [-0.15, -0.1) is 0 Å². The molecule has 3 aromatic rings. The summed E-state index contributed by atoms with van der Waals surface area (Å²) >= 11 is 3.39. The number of rotatable bonds is 5. The van der Waals surface area contributed by atoms with Gasteiger partial charge in [0.15, 0.2) is 0 Å². The van der Waals surface area contributed by atoms with Gasteiger partial charge in [0.2, 0.25) is 5.78 Å². The Morgan fingerprint density at radius 2 is 1.93 bits per heavy atom. The Morgan fingerprint density at radius 1 is 1.15 bits per heavy atom. The number of furan rings is 1. The van der Waals surface area contributed by atoms with E-state index in [1.165, 1.54) is 24.3 Å². The van der Waals surface area contributed by atoms with Crippen LogP contribution in [-0.4, -0.2) is 10.7 Å². The Kier molecular flexibility index (Phi) is 5.29. The number of Topliss-reactive ketones (excluding diaryl/α,β-unsaturated/α-hetero) is 1. The van der Waals surface area contributed by atoms with Gasteiger partial charge in [-0.1, -0.05) is 40.2 Å². The second-order valence-corrected chi connectivity index (χ2v) is 6.43. The first-order valence-electron chi connectivity index (χ1n) is 7.74. The summed E-state index contributed by atoms with van der Waals surface area (Å²) < 4.78 is 6.59. The monoisotopic (exact) mass is 422 g/mol. The highest BCUT2D eigenvalue weighted by molar-refractivity contribution is 9.10. The fourth-order valence-corrected chi connectivity index (χ4v) is 2.83. The summed E-state index contributed by atoms with van der Waals surface area (Å²) in [5.41, 5.74) is 0.516. The number of allylic oxidation sites excluding steroid dienone is 1. The van der Waals surface area contributed by atoms with Gasteiger partial charge in [0.05, 0.1) is 4.92 Å². The first-order chi connectivity index (χ1) is 13.0. The summed E-state index contributed by atoms with van der Waals surface area (Å²) in [4.78, 5) is 22.8. The van der Waals surface area contributed by atoms with Gasteiger partial charge in [0, 0.05) is 33.8 Å². The summed E-state index contributed by atoms with van der Waals surface area (Å²) in [5.74, 6) is 0.310. The fraction of sp³-hybridized carbons (Fsp3) is 0. The van der Waals surface area contributed by atoms with Gasteiger partial charge in [-0.05, 0) is 24.3 Å². The van der Waals surface area contributed by atoms with Crippen LogP contribution in [0.5, 0.6) is 0 Å². The number of benzene rings is 2. The average Bonchev–Trinajstić information content (AvgIpc) is 3.14. The molecule has 0 atom stereocenters. The fourth-order valence-electron chi connectivity index (χ4n) is 2.43.